The maximum absolute atomic E-state index is 12.9. The number of pyridine rings is 1. The van der Waals surface area contributed by atoms with Gasteiger partial charge in [0.2, 0.25) is 0 Å². The number of aromatic nitrogens is 1. The van der Waals surface area contributed by atoms with Crippen molar-refractivity contribution in [2.45, 2.75) is 0 Å². The van der Waals surface area contributed by atoms with Gasteiger partial charge in [0.05, 0.1) is 0 Å². The summed E-state index contributed by atoms with van der Waals surface area (Å²) in [7, 11) is 0. The molecule has 20 heavy (non-hydrogen) atoms. The average Bonchev–Trinajstić information content (AvgIpc) is 2.48. The molecule has 1 aliphatic heterocycles. The molecule has 3 rings (SSSR count). The molecule has 0 unspecified atom stereocenters. The van der Waals surface area contributed by atoms with E-state index < -0.39 is 0 Å². The molecule has 1 fully saturated rings. The number of nitrogens with two attached hydrogens (primary N) is 1. The fourth-order valence-corrected chi connectivity index (χ4v) is 2.46. The van der Waals surface area contributed by atoms with Gasteiger partial charge in [0, 0.05) is 31.9 Å². The highest BCUT2D eigenvalue weighted by atomic mass is 19.1. The molecule has 1 aromatic heterocycles. The Morgan fingerprint density at radius 1 is 0.900 bits per heavy atom. The van der Waals surface area contributed by atoms with Crippen LogP contribution in [0.15, 0.2) is 42.5 Å². The molecule has 4 nitrogen and oxygen atoms in total. The van der Waals surface area contributed by atoms with E-state index in [0.29, 0.717) is 5.82 Å². The summed E-state index contributed by atoms with van der Waals surface area (Å²) in [6.45, 7) is 3.55. The second-order valence-corrected chi connectivity index (χ2v) is 4.87. The van der Waals surface area contributed by atoms with Crippen LogP contribution in [0.25, 0.3) is 0 Å². The Kier molecular flexibility index (Phi) is 3.41. The van der Waals surface area contributed by atoms with Gasteiger partial charge in [-0.15, -0.1) is 0 Å². The summed E-state index contributed by atoms with van der Waals surface area (Å²) in [4.78, 5) is 8.81. The fraction of sp³-hybridized carbons (Fsp3) is 0.267. The van der Waals surface area contributed by atoms with Crippen LogP contribution < -0.4 is 15.5 Å². The zero-order chi connectivity index (χ0) is 13.9. The average molecular weight is 272 g/mol. The van der Waals surface area contributed by atoms with Crippen molar-refractivity contribution in [1.82, 2.24) is 4.98 Å². The van der Waals surface area contributed by atoms with E-state index in [1.807, 2.05) is 24.3 Å². The van der Waals surface area contributed by atoms with E-state index in [1.54, 1.807) is 6.07 Å². The second kappa shape index (κ2) is 5.36. The van der Waals surface area contributed by atoms with E-state index in [4.69, 9.17) is 5.73 Å². The van der Waals surface area contributed by atoms with E-state index in [2.05, 4.69) is 14.8 Å². The van der Waals surface area contributed by atoms with Gasteiger partial charge in [-0.1, -0.05) is 6.07 Å². The number of piperazine rings is 1. The lowest BCUT2D eigenvalue weighted by molar-refractivity contribution is 0.624. The van der Waals surface area contributed by atoms with Crippen LogP contribution in [0, 0.1) is 5.82 Å². The lowest BCUT2D eigenvalue weighted by atomic mass is 10.2. The first-order chi connectivity index (χ1) is 9.72. The highest BCUT2D eigenvalue weighted by molar-refractivity contribution is 5.50. The van der Waals surface area contributed by atoms with Gasteiger partial charge in [0.1, 0.15) is 17.5 Å². The van der Waals surface area contributed by atoms with E-state index in [1.165, 1.54) is 12.1 Å². The molecule has 0 amide bonds. The third kappa shape index (κ3) is 2.66. The number of benzene rings is 1. The SMILES string of the molecule is Nc1cccc(N2CCN(c3ccc(F)cc3)CC2)n1. The quantitative estimate of drug-likeness (QED) is 0.909. The lowest BCUT2D eigenvalue weighted by Crippen LogP contribution is -2.46. The maximum atomic E-state index is 12.9. The van der Waals surface area contributed by atoms with Crippen LogP contribution in [-0.4, -0.2) is 31.2 Å². The third-order valence-electron chi connectivity index (χ3n) is 3.55. The molecule has 0 spiro atoms. The molecule has 0 aliphatic carbocycles. The second-order valence-electron chi connectivity index (χ2n) is 4.87. The first kappa shape index (κ1) is 12.7. The Bertz CT molecular complexity index is 577. The summed E-state index contributed by atoms with van der Waals surface area (Å²) < 4.78 is 12.9. The van der Waals surface area contributed by atoms with E-state index >= 15 is 0 Å². The molecule has 2 heterocycles. The molecule has 2 aromatic rings. The third-order valence-corrected chi connectivity index (χ3v) is 3.55. The van der Waals surface area contributed by atoms with Crippen LogP contribution in [0.3, 0.4) is 0 Å². The monoisotopic (exact) mass is 272 g/mol. The molecule has 0 saturated carbocycles. The first-order valence-electron chi connectivity index (χ1n) is 6.70. The first-order valence-corrected chi connectivity index (χ1v) is 6.70. The molecule has 0 atom stereocenters. The Balaban J connectivity index is 1.66. The number of nitrogen functional groups attached to an aromatic ring is 1. The minimum atomic E-state index is -0.198. The summed E-state index contributed by atoms with van der Waals surface area (Å²) in [5, 5.41) is 0. The summed E-state index contributed by atoms with van der Waals surface area (Å²) in [5.41, 5.74) is 6.78. The summed E-state index contributed by atoms with van der Waals surface area (Å²) >= 11 is 0. The van der Waals surface area contributed by atoms with Crippen LogP contribution >= 0.6 is 0 Å². The minimum Gasteiger partial charge on any atom is -0.384 e. The maximum Gasteiger partial charge on any atom is 0.131 e. The Hall–Kier alpha value is -2.30. The molecule has 2 N–H and O–H groups in total. The summed E-state index contributed by atoms with van der Waals surface area (Å²) in [6.07, 6.45) is 0. The number of halogens is 1. The van der Waals surface area contributed by atoms with Crippen LogP contribution in [0.5, 0.6) is 0 Å². The molecule has 104 valence electrons. The van der Waals surface area contributed by atoms with Gasteiger partial charge < -0.3 is 15.5 Å². The minimum absolute atomic E-state index is 0.198. The van der Waals surface area contributed by atoms with Crippen molar-refractivity contribution >= 4 is 17.3 Å². The van der Waals surface area contributed by atoms with Gasteiger partial charge in [-0.25, -0.2) is 9.37 Å². The number of rotatable bonds is 2. The number of anilines is 3. The van der Waals surface area contributed by atoms with Gasteiger partial charge in [-0.2, -0.15) is 0 Å². The Morgan fingerprint density at radius 2 is 1.55 bits per heavy atom. The summed E-state index contributed by atoms with van der Waals surface area (Å²) in [6, 6.07) is 12.3. The molecule has 1 aliphatic rings. The number of hydrogen-bond donors (Lipinski definition) is 1. The molecule has 0 bridgehead atoms. The molecular weight excluding hydrogens is 255 g/mol. The van der Waals surface area contributed by atoms with Crippen LogP contribution in [0.1, 0.15) is 0 Å². The van der Waals surface area contributed by atoms with Gasteiger partial charge in [0.15, 0.2) is 0 Å². The predicted octanol–water partition coefficient (Wildman–Crippen LogP) is 2.13. The van der Waals surface area contributed by atoms with Crippen molar-refractivity contribution in [2.24, 2.45) is 0 Å². The van der Waals surface area contributed by atoms with Gasteiger partial charge >= 0.3 is 0 Å². The fourth-order valence-electron chi connectivity index (χ4n) is 2.46. The topological polar surface area (TPSA) is 45.4 Å². The molecular formula is C15H17FN4. The highest BCUT2D eigenvalue weighted by Crippen LogP contribution is 2.20. The van der Waals surface area contributed by atoms with Gasteiger partial charge in [-0.05, 0) is 36.4 Å². The highest BCUT2D eigenvalue weighted by Gasteiger charge is 2.18. The van der Waals surface area contributed by atoms with Crippen molar-refractivity contribution in [3.8, 4) is 0 Å². The molecule has 5 heteroatoms. The number of nitrogens with zero attached hydrogens (tertiary/aromatic N) is 3. The molecule has 1 aromatic carbocycles. The smallest absolute Gasteiger partial charge is 0.131 e. The van der Waals surface area contributed by atoms with E-state index in [0.717, 1.165) is 37.7 Å². The lowest BCUT2D eigenvalue weighted by Gasteiger charge is -2.36. The van der Waals surface area contributed by atoms with Crippen molar-refractivity contribution in [2.75, 3.05) is 41.7 Å². The standard InChI is InChI=1S/C15H17FN4/c16-12-4-6-13(7-5-12)19-8-10-20(11-9-19)15-3-1-2-14(17)18-15/h1-7H,8-11H2,(H2,17,18). The molecule has 0 radical (unpaired) electrons. The Labute approximate surface area is 117 Å². The van der Waals surface area contributed by atoms with Gasteiger partial charge in [-0.3, -0.25) is 0 Å². The molecule has 1 saturated heterocycles. The Morgan fingerprint density at radius 3 is 2.20 bits per heavy atom. The van der Waals surface area contributed by atoms with Crippen LogP contribution in [0.4, 0.5) is 21.7 Å². The van der Waals surface area contributed by atoms with Crippen molar-refractivity contribution in [3.63, 3.8) is 0 Å². The normalized spacial score (nSPS) is 15.4. The zero-order valence-electron chi connectivity index (χ0n) is 11.2. The summed E-state index contributed by atoms with van der Waals surface area (Å²) in [5.74, 6) is 1.27. The van der Waals surface area contributed by atoms with Crippen molar-refractivity contribution in [3.05, 3.63) is 48.3 Å². The van der Waals surface area contributed by atoms with Crippen LogP contribution in [0.2, 0.25) is 0 Å². The van der Waals surface area contributed by atoms with Crippen LogP contribution in [-0.2, 0) is 0 Å². The predicted molar refractivity (Wildman–Crippen MR) is 79.5 cm³/mol. The van der Waals surface area contributed by atoms with E-state index in [-0.39, 0.29) is 5.82 Å². The van der Waals surface area contributed by atoms with Gasteiger partial charge in [0.25, 0.3) is 0 Å². The number of hydrogen-bond acceptors (Lipinski definition) is 4. The van der Waals surface area contributed by atoms with Crippen molar-refractivity contribution in [1.29, 1.82) is 0 Å². The zero-order valence-corrected chi connectivity index (χ0v) is 11.2. The van der Waals surface area contributed by atoms with E-state index in [9.17, 15) is 4.39 Å². The largest absolute Gasteiger partial charge is 0.384 e. The van der Waals surface area contributed by atoms with Crippen molar-refractivity contribution < 1.29 is 4.39 Å².